The molecule has 0 amide bonds. The van der Waals surface area contributed by atoms with Gasteiger partial charge in [0, 0.05) is 49.1 Å². The first-order valence-electron chi connectivity index (χ1n) is 9.24. The van der Waals surface area contributed by atoms with Crippen molar-refractivity contribution in [3.05, 3.63) is 52.4 Å². The van der Waals surface area contributed by atoms with Crippen LogP contribution in [-0.4, -0.2) is 33.0 Å². The molecule has 0 saturated carbocycles. The van der Waals surface area contributed by atoms with E-state index in [1.807, 2.05) is 50.2 Å². The van der Waals surface area contributed by atoms with Crippen molar-refractivity contribution < 1.29 is 14.3 Å². The number of nitrogens with one attached hydrogen (secondary N) is 1. The lowest BCUT2D eigenvalue weighted by Crippen LogP contribution is -2.38. The summed E-state index contributed by atoms with van der Waals surface area (Å²) in [6.45, 7) is 6.08. The lowest BCUT2D eigenvalue weighted by atomic mass is 9.68. The number of nitrogens with zero attached hydrogens (tertiary/aromatic N) is 1. The van der Waals surface area contributed by atoms with Gasteiger partial charge in [0.05, 0.1) is 12.7 Å². The van der Waals surface area contributed by atoms with Crippen LogP contribution in [0.3, 0.4) is 0 Å². The van der Waals surface area contributed by atoms with E-state index in [0.29, 0.717) is 17.6 Å². The first-order valence-corrected chi connectivity index (χ1v) is 9.24. The number of anilines is 1. The van der Waals surface area contributed by atoms with Crippen molar-refractivity contribution in [2.75, 3.05) is 26.1 Å². The predicted octanol–water partition coefficient (Wildman–Crippen LogP) is 3.53. The third kappa shape index (κ3) is 3.51. The highest BCUT2D eigenvalue weighted by Crippen LogP contribution is 2.46. The average molecular weight is 368 g/mol. The maximum atomic E-state index is 13.1. The maximum Gasteiger partial charge on any atom is 0.336 e. The maximum absolute atomic E-state index is 13.1. The molecular weight excluding hydrogens is 340 g/mol. The zero-order valence-electron chi connectivity index (χ0n) is 17.0. The number of hydrogen-bond donors (Lipinski definition) is 1. The Kier molecular flexibility index (Phi) is 4.89. The molecule has 3 rings (SSSR count). The van der Waals surface area contributed by atoms with Gasteiger partial charge in [-0.1, -0.05) is 26.0 Å². The lowest BCUT2D eigenvalue weighted by Gasteiger charge is -2.39. The largest absolute Gasteiger partial charge is 0.466 e. The molecule has 1 unspecified atom stereocenters. The van der Waals surface area contributed by atoms with Gasteiger partial charge in [-0.2, -0.15) is 0 Å². The van der Waals surface area contributed by atoms with Crippen molar-refractivity contribution in [2.24, 2.45) is 5.41 Å². The minimum absolute atomic E-state index is 0.0920. The topological polar surface area (TPSA) is 58.6 Å². The minimum Gasteiger partial charge on any atom is -0.466 e. The Balaban J connectivity index is 2.16. The summed E-state index contributed by atoms with van der Waals surface area (Å²) in [5.41, 5.74) is 4.82. The Morgan fingerprint density at radius 2 is 1.81 bits per heavy atom. The van der Waals surface area contributed by atoms with Crippen molar-refractivity contribution in [1.29, 1.82) is 0 Å². The van der Waals surface area contributed by atoms with Gasteiger partial charge in [-0.15, -0.1) is 0 Å². The van der Waals surface area contributed by atoms with E-state index in [9.17, 15) is 9.59 Å². The van der Waals surface area contributed by atoms with Crippen LogP contribution in [0.4, 0.5) is 5.69 Å². The highest BCUT2D eigenvalue weighted by molar-refractivity contribution is 6.04. The molecule has 0 fully saturated rings. The molecule has 1 atom stereocenters. The van der Waals surface area contributed by atoms with Crippen LogP contribution >= 0.6 is 0 Å². The molecule has 0 radical (unpaired) electrons. The Labute approximate surface area is 161 Å². The Hall–Kier alpha value is -2.56. The first-order chi connectivity index (χ1) is 12.6. The van der Waals surface area contributed by atoms with E-state index < -0.39 is 11.9 Å². The van der Waals surface area contributed by atoms with Crippen LogP contribution in [0.5, 0.6) is 0 Å². The second-order valence-electron chi connectivity index (χ2n) is 8.41. The summed E-state index contributed by atoms with van der Waals surface area (Å²) in [6.07, 6.45) is 1.26. The zero-order chi connectivity index (χ0) is 19.9. The summed E-state index contributed by atoms with van der Waals surface area (Å²) in [7, 11) is 5.35. The highest BCUT2D eigenvalue weighted by Gasteiger charge is 2.42. The van der Waals surface area contributed by atoms with Gasteiger partial charge in [-0.05, 0) is 36.5 Å². The molecule has 5 nitrogen and oxygen atoms in total. The number of methoxy groups -OCH3 is 1. The van der Waals surface area contributed by atoms with Gasteiger partial charge in [0.1, 0.15) is 0 Å². The van der Waals surface area contributed by atoms with E-state index in [2.05, 4.69) is 19.2 Å². The smallest absolute Gasteiger partial charge is 0.336 e. The number of carbonyl (C=O) groups is 2. The van der Waals surface area contributed by atoms with E-state index in [1.54, 1.807) is 0 Å². The number of benzene rings is 1. The van der Waals surface area contributed by atoms with E-state index in [1.165, 1.54) is 7.11 Å². The van der Waals surface area contributed by atoms with Crippen LogP contribution in [0.2, 0.25) is 0 Å². The SMILES string of the molecule is COC(=O)C1=C(C)NC2=C(C(=O)CC(C)(C)C2)C1c1ccc(N(C)C)cc1. The predicted molar refractivity (Wildman–Crippen MR) is 106 cm³/mol. The average Bonchev–Trinajstić information content (AvgIpc) is 2.58. The van der Waals surface area contributed by atoms with Gasteiger partial charge in [0.15, 0.2) is 5.78 Å². The Bertz CT molecular complexity index is 845. The van der Waals surface area contributed by atoms with Gasteiger partial charge in [0.2, 0.25) is 0 Å². The van der Waals surface area contributed by atoms with E-state index in [0.717, 1.165) is 29.1 Å². The lowest BCUT2D eigenvalue weighted by molar-refractivity contribution is -0.136. The summed E-state index contributed by atoms with van der Waals surface area (Å²) in [5.74, 6) is -0.691. The molecule has 1 aliphatic carbocycles. The third-order valence-corrected chi connectivity index (χ3v) is 5.39. The number of hydrogen-bond acceptors (Lipinski definition) is 5. The summed E-state index contributed by atoms with van der Waals surface area (Å²) in [6, 6.07) is 8.02. The van der Waals surface area contributed by atoms with Crippen molar-refractivity contribution >= 4 is 17.4 Å². The molecule has 5 heteroatoms. The monoisotopic (exact) mass is 368 g/mol. The van der Waals surface area contributed by atoms with Gasteiger partial charge >= 0.3 is 5.97 Å². The molecule has 0 saturated heterocycles. The minimum atomic E-state index is -0.397. The summed E-state index contributed by atoms with van der Waals surface area (Å²) in [5, 5.41) is 3.33. The number of ether oxygens (including phenoxy) is 1. The summed E-state index contributed by atoms with van der Waals surface area (Å²) < 4.78 is 5.05. The summed E-state index contributed by atoms with van der Waals surface area (Å²) in [4.78, 5) is 27.7. The van der Waals surface area contributed by atoms with Crippen molar-refractivity contribution in [2.45, 2.75) is 39.5 Å². The Morgan fingerprint density at radius 3 is 2.37 bits per heavy atom. The van der Waals surface area contributed by atoms with Crippen LogP contribution in [0.1, 0.15) is 45.1 Å². The third-order valence-electron chi connectivity index (χ3n) is 5.39. The standard InChI is InChI=1S/C22H28N2O3/c1-13-18(21(26)27-6)19(14-7-9-15(10-8-14)24(4)5)20-16(23-13)11-22(2,3)12-17(20)25/h7-10,19,23H,11-12H2,1-6H3. The number of carbonyl (C=O) groups excluding carboxylic acids is 2. The van der Waals surface area contributed by atoms with Crippen LogP contribution in [0.15, 0.2) is 46.8 Å². The molecule has 0 aromatic heterocycles. The molecule has 1 N–H and O–H groups in total. The molecule has 1 aromatic rings. The number of allylic oxidation sites excluding steroid dienone is 3. The second-order valence-corrected chi connectivity index (χ2v) is 8.41. The van der Waals surface area contributed by atoms with Crippen LogP contribution in [0.25, 0.3) is 0 Å². The van der Waals surface area contributed by atoms with Crippen LogP contribution in [-0.2, 0) is 14.3 Å². The molecule has 1 aromatic carbocycles. The number of Topliss-reactive ketones (excluding diaryl/α,β-unsaturated/α-hetero) is 1. The fourth-order valence-corrected chi connectivity index (χ4v) is 4.11. The molecule has 2 aliphatic rings. The Morgan fingerprint density at radius 1 is 1.19 bits per heavy atom. The van der Waals surface area contributed by atoms with Crippen molar-refractivity contribution in [3.63, 3.8) is 0 Å². The van der Waals surface area contributed by atoms with E-state index >= 15 is 0 Å². The fraction of sp³-hybridized carbons (Fsp3) is 0.455. The van der Waals surface area contributed by atoms with Gasteiger partial charge in [-0.25, -0.2) is 4.79 Å². The molecule has 27 heavy (non-hydrogen) atoms. The molecule has 1 aliphatic heterocycles. The quantitative estimate of drug-likeness (QED) is 0.827. The van der Waals surface area contributed by atoms with E-state index in [4.69, 9.17) is 4.74 Å². The van der Waals surface area contributed by atoms with Crippen molar-refractivity contribution in [1.82, 2.24) is 5.32 Å². The van der Waals surface area contributed by atoms with Gasteiger partial charge < -0.3 is 15.0 Å². The molecule has 0 spiro atoms. The fourth-order valence-electron chi connectivity index (χ4n) is 4.11. The molecule has 0 bridgehead atoms. The van der Waals surface area contributed by atoms with E-state index in [-0.39, 0.29) is 11.2 Å². The van der Waals surface area contributed by atoms with Crippen molar-refractivity contribution in [3.8, 4) is 0 Å². The normalized spacial score (nSPS) is 21.6. The zero-order valence-corrected chi connectivity index (χ0v) is 17.0. The molecule has 1 heterocycles. The number of ketones is 1. The van der Waals surface area contributed by atoms with Gasteiger partial charge in [0.25, 0.3) is 0 Å². The number of dihydropyridines is 1. The highest BCUT2D eigenvalue weighted by atomic mass is 16.5. The number of esters is 1. The summed E-state index contributed by atoms with van der Waals surface area (Å²) >= 11 is 0. The second kappa shape index (κ2) is 6.87. The first kappa shape index (κ1) is 19.2. The molecular formula is C22H28N2O3. The number of rotatable bonds is 3. The van der Waals surface area contributed by atoms with Crippen LogP contribution < -0.4 is 10.2 Å². The van der Waals surface area contributed by atoms with Gasteiger partial charge in [-0.3, -0.25) is 4.79 Å². The van der Waals surface area contributed by atoms with Crippen LogP contribution in [0, 0.1) is 5.41 Å². The molecule has 144 valence electrons.